The highest BCUT2D eigenvalue weighted by molar-refractivity contribution is 7.89. The minimum Gasteiger partial charge on any atom is -0.379 e. The zero-order valence-corrected chi connectivity index (χ0v) is 13.2. The van der Waals surface area contributed by atoms with Crippen molar-refractivity contribution in [2.75, 3.05) is 26.3 Å². The van der Waals surface area contributed by atoms with Gasteiger partial charge in [0.05, 0.1) is 18.1 Å². The van der Waals surface area contributed by atoms with Crippen LogP contribution in [0.3, 0.4) is 0 Å². The second-order valence-corrected chi connectivity index (χ2v) is 8.34. The predicted octanol–water partition coefficient (Wildman–Crippen LogP) is 2.30. The average Bonchev–Trinajstić information content (AvgIpc) is 2.38. The Labute approximate surface area is 121 Å². The molecule has 1 fully saturated rings. The van der Waals surface area contributed by atoms with E-state index in [2.05, 4.69) is 20.8 Å². The number of morpholine rings is 1. The summed E-state index contributed by atoms with van der Waals surface area (Å²) in [4.78, 5) is 0.372. The fourth-order valence-corrected chi connectivity index (χ4v) is 3.74. The molecule has 1 aromatic rings. The van der Waals surface area contributed by atoms with Crippen LogP contribution in [0.4, 0.5) is 0 Å². The van der Waals surface area contributed by atoms with Crippen molar-refractivity contribution in [3.8, 4) is 0 Å². The fraction of sp³-hybridized carbons (Fsp3) is 0.600. The van der Waals surface area contributed by atoms with E-state index in [1.807, 2.05) is 12.1 Å². The number of benzene rings is 1. The fourth-order valence-electron chi connectivity index (χ4n) is 2.33. The minimum atomic E-state index is -3.37. The van der Waals surface area contributed by atoms with E-state index in [-0.39, 0.29) is 5.41 Å². The summed E-state index contributed by atoms with van der Waals surface area (Å²) in [5.74, 6) is 0. The van der Waals surface area contributed by atoms with Gasteiger partial charge in [-0.1, -0.05) is 32.9 Å². The molecule has 0 unspecified atom stereocenters. The SMILES string of the molecule is CC(C)(C)Cc1ccc(S(=O)(=O)N2CCOCC2)cc1. The quantitative estimate of drug-likeness (QED) is 0.860. The first-order chi connectivity index (χ1) is 9.29. The molecule has 0 atom stereocenters. The van der Waals surface area contributed by atoms with Crippen molar-refractivity contribution in [3.05, 3.63) is 29.8 Å². The molecule has 1 heterocycles. The van der Waals surface area contributed by atoms with E-state index in [1.165, 1.54) is 9.87 Å². The summed E-state index contributed by atoms with van der Waals surface area (Å²) in [6.45, 7) is 8.34. The van der Waals surface area contributed by atoms with Gasteiger partial charge in [0.25, 0.3) is 0 Å². The molecule has 1 saturated heterocycles. The molecule has 1 aromatic carbocycles. The van der Waals surface area contributed by atoms with Crippen molar-refractivity contribution in [1.29, 1.82) is 0 Å². The van der Waals surface area contributed by atoms with Gasteiger partial charge in [-0.25, -0.2) is 8.42 Å². The Morgan fingerprint density at radius 3 is 2.15 bits per heavy atom. The van der Waals surface area contributed by atoms with Crippen LogP contribution in [0.1, 0.15) is 26.3 Å². The minimum absolute atomic E-state index is 0.199. The summed E-state index contributed by atoms with van der Waals surface area (Å²) in [5, 5.41) is 0. The molecule has 0 N–H and O–H groups in total. The second-order valence-electron chi connectivity index (χ2n) is 6.40. The summed E-state index contributed by atoms with van der Waals surface area (Å²) < 4.78 is 31.6. The molecular formula is C15H23NO3S. The molecule has 1 aliphatic rings. The highest BCUT2D eigenvalue weighted by atomic mass is 32.2. The van der Waals surface area contributed by atoms with Gasteiger partial charge in [0.1, 0.15) is 0 Å². The highest BCUT2D eigenvalue weighted by Gasteiger charge is 2.26. The topological polar surface area (TPSA) is 46.6 Å². The number of sulfonamides is 1. The van der Waals surface area contributed by atoms with Gasteiger partial charge in [0.2, 0.25) is 10.0 Å². The van der Waals surface area contributed by atoms with Crippen LogP contribution >= 0.6 is 0 Å². The lowest BCUT2D eigenvalue weighted by Crippen LogP contribution is -2.40. The van der Waals surface area contributed by atoms with Gasteiger partial charge in [-0.3, -0.25) is 0 Å². The van der Waals surface area contributed by atoms with E-state index in [0.29, 0.717) is 31.2 Å². The average molecular weight is 297 g/mol. The Balaban J connectivity index is 2.16. The largest absolute Gasteiger partial charge is 0.379 e. The lowest BCUT2D eigenvalue weighted by Gasteiger charge is -2.26. The zero-order chi connectivity index (χ0) is 14.8. The van der Waals surface area contributed by atoms with Crippen molar-refractivity contribution >= 4 is 10.0 Å². The third kappa shape index (κ3) is 3.81. The highest BCUT2D eigenvalue weighted by Crippen LogP contribution is 2.23. The lowest BCUT2D eigenvalue weighted by molar-refractivity contribution is 0.0730. The first-order valence-corrected chi connectivity index (χ1v) is 8.40. The van der Waals surface area contributed by atoms with Crippen LogP contribution in [-0.2, 0) is 21.2 Å². The molecule has 112 valence electrons. The van der Waals surface area contributed by atoms with E-state index in [4.69, 9.17) is 4.74 Å². The van der Waals surface area contributed by atoms with E-state index >= 15 is 0 Å². The van der Waals surface area contributed by atoms with Gasteiger partial charge < -0.3 is 4.74 Å². The van der Waals surface area contributed by atoms with Crippen molar-refractivity contribution in [3.63, 3.8) is 0 Å². The summed E-state index contributed by atoms with van der Waals surface area (Å²) in [5.41, 5.74) is 1.36. The summed E-state index contributed by atoms with van der Waals surface area (Å²) >= 11 is 0. The maximum Gasteiger partial charge on any atom is 0.243 e. The third-order valence-electron chi connectivity index (χ3n) is 3.27. The maximum absolute atomic E-state index is 12.5. The smallest absolute Gasteiger partial charge is 0.243 e. The molecule has 0 aromatic heterocycles. The van der Waals surface area contributed by atoms with Crippen molar-refractivity contribution < 1.29 is 13.2 Å². The predicted molar refractivity (Wildman–Crippen MR) is 79.2 cm³/mol. The van der Waals surface area contributed by atoms with Crippen molar-refractivity contribution in [2.24, 2.45) is 5.41 Å². The Kier molecular flexibility index (Phi) is 4.52. The summed E-state index contributed by atoms with van der Waals surface area (Å²) in [7, 11) is -3.37. The van der Waals surface area contributed by atoms with E-state index in [1.54, 1.807) is 12.1 Å². The molecular weight excluding hydrogens is 274 g/mol. The number of hydrogen-bond donors (Lipinski definition) is 0. The Hall–Kier alpha value is -0.910. The second kappa shape index (κ2) is 5.84. The van der Waals surface area contributed by atoms with Crippen LogP contribution in [0.2, 0.25) is 0 Å². The van der Waals surface area contributed by atoms with Crippen molar-refractivity contribution in [2.45, 2.75) is 32.1 Å². The monoisotopic (exact) mass is 297 g/mol. The Bertz CT molecular complexity index is 537. The summed E-state index contributed by atoms with van der Waals surface area (Å²) in [6.07, 6.45) is 0.935. The van der Waals surface area contributed by atoms with Crippen LogP contribution < -0.4 is 0 Å². The van der Waals surface area contributed by atoms with Gasteiger partial charge in [-0.15, -0.1) is 0 Å². The van der Waals surface area contributed by atoms with Crippen LogP contribution in [-0.4, -0.2) is 39.0 Å². The van der Waals surface area contributed by atoms with E-state index < -0.39 is 10.0 Å². The molecule has 5 heteroatoms. The third-order valence-corrected chi connectivity index (χ3v) is 5.18. The number of nitrogens with zero attached hydrogens (tertiary/aromatic N) is 1. The van der Waals surface area contributed by atoms with Crippen LogP contribution in [0.5, 0.6) is 0 Å². The standard InChI is InChI=1S/C15H23NO3S/c1-15(2,3)12-13-4-6-14(7-5-13)20(17,18)16-8-10-19-11-9-16/h4-7H,8-12H2,1-3H3. The molecule has 0 spiro atoms. The molecule has 0 radical (unpaired) electrons. The first kappa shape index (κ1) is 15.5. The molecule has 0 bridgehead atoms. The van der Waals surface area contributed by atoms with Crippen LogP contribution in [0.25, 0.3) is 0 Å². The molecule has 20 heavy (non-hydrogen) atoms. The van der Waals surface area contributed by atoms with Gasteiger partial charge in [-0.05, 0) is 29.5 Å². The normalized spacial score (nSPS) is 18.1. The van der Waals surface area contributed by atoms with Gasteiger partial charge in [-0.2, -0.15) is 4.31 Å². The molecule has 2 rings (SSSR count). The number of hydrogen-bond acceptors (Lipinski definition) is 3. The molecule has 1 aliphatic heterocycles. The molecule has 4 nitrogen and oxygen atoms in total. The Morgan fingerprint density at radius 2 is 1.65 bits per heavy atom. The van der Waals surface area contributed by atoms with Gasteiger partial charge in [0, 0.05) is 13.1 Å². The molecule has 0 aliphatic carbocycles. The number of ether oxygens (including phenoxy) is 1. The first-order valence-electron chi connectivity index (χ1n) is 6.96. The van der Waals surface area contributed by atoms with Crippen LogP contribution in [0, 0.1) is 5.41 Å². The van der Waals surface area contributed by atoms with Crippen LogP contribution in [0.15, 0.2) is 29.2 Å². The van der Waals surface area contributed by atoms with Gasteiger partial charge >= 0.3 is 0 Å². The summed E-state index contributed by atoms with van der Waals surface area (Å²) in [6, 6.07) is 7.26. The van der Waals surface area contributed by atoms with Crippen molar-refractivity contribution in [1.82, 2.24) is 4.31 Å². The zero-order valence-electron chi connectivity index (χ0n) is 12.4. The Morgan fingerprint density at radius 1 is 1.10 bits per heavy atom. The molecule has 0 amide bonds. The molecule has 0 saturated carbocycles. The number of rotatable bonds is 3. The lowest BCUT2D eigenvalue weighted by atomic mass is 9.88. The maximum atomic E-state index is 12.5. The van der Waals surface area contributed by atoms with E-state index in [9.17, 15) is 8.42 Å². The van der Waals surface area contributed by atoms with E-state index in [0.717, 1.165) is 6.42 Å². The van der Waals surface area contributed by atoms with Gasteiger partial charge in [0.15, 0.2) is 0 Å².